The first-order chi connectivity index (χ1) is 21.2. The lowest BCUT2D eigenvalue weighted by Gasteiger charge is -2.51. The average molecular weight is 655 g/mol. The van der Waals surface area contributed by atoms with Crippen LogP contribution in [0.3, 0.4) is 0 Å². The first-order valence-electron chi connectivity index (χ1n) is 14.6. The smallest absolute Gasteiger partial charge is 0.370 e. The molecule has 2 saturated heterocycles. The fourth-order valence-corrected chi connectivity index (χ4v) is 7.48. The Morgan fingerprint density at radius 3 is 2.51 bits per heavy atom. The fraction of sp³-hybridized carbons (Fsp3) is 0.484. The third-order valence-corrected chi connectivity index (χ3v) is 10.2. The van der Waals surface area contributed by atoms with Gasteiger partial charge in [0.05, 0.1) is 5.56 Å². The number of likely N-dealkylation sites (tertiary alicyclic amines) is 1. The van der Waals surface area contributed by atoms with Crippen molar-refractivity contribution in [2.24, 2.45) is 9.98 Å². The zero-order chi connectivity index (χ0) is 33.0. The van der Waals surface area contributed by atoms with Crippen LogP contribution in [0.5, 0.6) is 0 Å². The summed E-state index contributed by atoms with van der Waals surface area (Å²) in [7, 11) is 0.814. The molecule has 2 heterocycles. The number of aryl methyl sites for hydroxylation is 1. The van der Waals surface area contributed by atoms with Crippen molar-refractivity contribution in [1.29, 1.82) is 0 Å². The lowest BCUT2D eigenvalue weighted by Crippen LogP contribution is -2.61. The molecule has 8 nitrogen and oxygen atoms in total. The van der Waals surface area contributed by atoms with Crippen LogP contribution in [-0.4, -0.2) is 90.1 Å². The first kappa shape index (κ1) is 34.5. The zero-order valence-electron chi connectivity index (χ0n) is 25.6. The minimum Gasteiger partial charge on any atom is -0.370 e. The molecule has 2 aromatic carbocycles. The first-order valence-corrected chi connectivity index (χ1v) is 16.1. The molecule has 0 saturated carbocycles. The number of nitrogens with one attached hydrogen (secondary N) is 1. The fourth-order valence-electron chi connectivity index (χ4n) is 6.34. The maximum atomic E-state index is 15.4. The maximum Gasteiger partial charge on any atom is 0.416 e. The Morgan fingerprint density at radius 2 is 1.91 bits per heavy atom. The van der Waals surface area contributed by atoms with Gasteiger partial charge < -0.3 is 9.80 Å². The largest absolute Gasteiger partial charge is 0.416 e. The van der Waals surface area contributed by atoms with Gasteiger partial charge >= 0.3 is 6.18 Å². The van der Waals surface area contributed by atoms with E-state index in [2.05, 4.69) is 26.5 Å². The molecule has 0 unspecified atom stereocenters. The van der Waals surface area contributed by atoms with E-state index in [0.717, 1.165) is 44.1 Å². The number of anilines is 1. The van der Waals surface area contributed by atoms with Crippen LogP contribution >= 0.6 is 0 Å². The van der Waals surface area contributed by atoms with Crippen molar-refractivity contribution in [1.82, 2.24) is 14.5 Å². The van der Waals surface area contributed by atoms with Gasteiger partial charge in [-0.2, -0.15) is 13.2 Å². The zero-order valence-corrected chi connectivity index (χ0v) is 26.4. The molecular formula is C31H39F5N6O2S. The minimum absolute atomic E-state index is 0.180. The van der Waals surface area contributed by atoms with E-state index in [1.807, 2.05) is 23.7 Å². The Kier molecular flexibility index (Phi) is 10.7. The Labute approximate surface area is 261 Å². The number of aliphatic imine (C=N–C) groups is 2. The SMILES string of the molecule is C=N/C(=C\C=N/C)NS(=O)(=O)c1c(F)cc(N2CCC[C@](CCc3cccc(C(F)(F)F)c3)(N(C)[C@H]3CCN(C)C3)C2)cc1F. The lowest BCUT2D eigenvalue weighted by molar-refractivity contribution is -0.137. The molecule has 246 valence electrons. The molecular weight excluding hydrogens is 615 g/mol. The van der Waals surface area contributed by atoms with Crippen molar-refractivity contribution >= 4 is 28.6 Å². The van der Waals surface area contributed by atoms with Crippen molar-refractivity contribution in [3.05, 3.63) is 71.1 Å². The van der Waals surface area contributed by atoms with E-state index in [-0.39, 0.29) is 17.6 Å². The summed E-state index contributed by atoms with van der Waals surface area (Å²) in [6.07, 6.45) is 1.22. The van der Waals surface area contributed by atoms with E-state index in [0.29, 0.717) is 37.9 Å². The summed E-state index contributed by atoms with van der Waals surface area (Å²) in [4.78, 5) is 12.4. The molecule has 0 radical (unpaired) electrons. The molecule has 0 aliphatic carbocycles. The van der Waals surface area contributed by atoms with E-state index < -0.39 is 43.8 Å². The molecule has 45 heavy (non-hydrogen) atoms. The van der Waals surface area contributed by atoms with Crippen LogP contribution in [0, 0.1) is 11.6 Å². The summed E-state index contributed by atoms with van der Waals surface area (Å²) < 4.78 is 98.9. The highest BCUT2D eigenvalue weighted by Gasteiger charge is 2.43. The van der Waals surface area contributed by atoms with E-state index in [9.17, 15) is 21.6 Å². The number of nitrogens with zero attached hydrogens (tertiary/aromatic N) is 5. The number of sulfonamides is 1. The summed E-state index contributed by atoms with van der Waals surface area (Å²) in [5, 5.41) is 0. The molecule has 4 rings (SSSR count). The van der Waals surface area contributed by atoms with Crippen molar-refractivity contribution in [2.75, 3.05) is 52.2 Å². The van der Waals surface area contributed by atoms with Gasteiger partial charge in [0, 0.05) is 50.2 Å². The van der Waals surface area contributed by atoms with Crippen LogP contribution in [0.4, 0.5) is 27.6 Å². The van der Waals surface area contributed by atoms with Crippen LogP contribution in [0.25, 0.3) is 0 Å². The average Bonchev–Trinajstić information content (AvgIpc) is 3.43. The second-order valence-corrected chi connectivity index (χ2v) is 13.3. The van der Waals surface area contributed by atoms with E-state index in [1.165, 1.54) is 31.5 Å². The Hall–Kier alpha value is -3.36. The van der Waals surface area contributed by atoms with Crippen LogP contribution in [-0.2, 0) is 22.6 Å². The number of hydrogen-bond donors (Lipinski definition) is 1. The predicted octanol–water partition coefficient (Wildman–Crippen LogP) is 5.11. The minimum atomic E-state index is -4.69. The molecule has 0 bridgehead atoms. The third kappa shape index (κ3) is 8.08. The number of rotatable bonds is 11. The number of allylic oxidation sites excluding steroid dienone is 1. The van der Waals surface area contributed by atoms with E-state index in [4.69, 9.17) is 0 Å². The Bertz CT molecular complexity index is 1520. The molecule has 2 aliphatic rings. The van der Waals surface area contributed by atoms with Gasteiger partial charge in [0.1, 0.15) is 17.5 Å². The van der Waals surface area contributed by atoms with Gasteiger partial charge in [0.2, 0.25) is 0 Å². The van der Waals surface area contributed by atoms with Gasteiger partial charge in [-0.05, 0) is 89.3 Å². The van der Waals surface area contributed by atoms with Gasteiger partial charge in [-0.15, -0.1) is 0 Å². The van der Waals surface area contributed by atoms with Crippen LogP contribution in [0.1, 0.15) is 36.8 Å². The quantitative estimate of drug-likeness (QED) is 0.269. The molecule has 0 amide bonds. The summed E-state index contributed by atoms with van der Waals surface area (Å²) in [5.41, 5.74) is -0.479. The van der Waals surface area contributed by atoms with Crippen molar-refractivity contribution in [3.8, 4) is 0 Å². The molecule has 2 fully saturated rings. The molecule has 2 aromatic rings. The Balaban J connectivity index is 1.64. The predicted molar refractivity (Wildman–Crippen MR) is 166 cm³/mol. The highest BCUT2D eigenvalue weighted by molar-refractivity contribution is 7.89. The standard InChI is InChI=1S/C31H39F5N6O2S/c1-37-14-10-28(38-2)39-45(43,44)29-26(32)18-25(19-27(29)33)42-15-6-12-30(21-42,41(4)24-11-16-40(3)20-24)13-9-22-7-5-8-23(17-22)31(34,35)36/h5,7-8,10,14,17-19,24,39H,2,6,9,11-13,15-16,20-21H2,1,3-4H3/b28-10+,37-14-/t24-,30+/m0/s1. The molecule has 14 heteroatoms. The number of hydrogen-bond acceptors (Lipinski definition) is 7. The second-order valence-electron chi connectivity index (χ2n) is 11.7. The summed E-state index contributed by atoms with van der Waals surface area (Å²) in [6.45, 7) is 5.82. The number of likely N-dealkylation sites (N-methyl/N-ethyl adjacent to an activating group) is 2. The Morgan fingerprint density at radius 1 is 1.20 bits per heavy atom. The molecule has 1 N–H and O–H groups in total. The topological polar surface area (TPSA) is 80.6 Å². The molecule has 0 spiro atoms. The van der Waals surface area contributed by atoms with Crippen molar-refractivity contribution < 1.29 is 30.4 Å². The molecule has 2 aliphatic heterocycles. The van der Waals surface area contributed by atoms with Gasteiger partial charge in [0.15, 0.2) is 4.90 Å². The van der Waals surface area contributed by atoms with E-state index >= 15 is 8.78 Å². The highest BCUT2D eigenvalue weighted by Crippen LogP contribution is 2.38. The number of alkyl halides is 3. The van der Waals surface area contributed by atoms with Crippen LogP contribution in [0.15, 0.2) is 63.2 Å². The lowest BCUT2D eigenvalue weighted by atomic mass is 9.80. The maximum absolute atomic E-state index is 15.4. The van der Waals surface area contributed by atoms with Crippen LogP contribution < -0.4 is 9.62 Å². The van der Waals surface area contributed by atoms with Crippen LogP contribution in [0.2, 0.25) is 0 Å². The highest BCUT2D eigenvalue weighted by atomic mass is 32.2. The van der Waals surface area contributed by atoms with Gasteiger partial charge in [-0.1, -0.05) is 18.2 Å². The number of piperidine rings is 1. The normalized spacial score (nSPS) is 22.0. The van der Waals surface area contributed by atoms with E-state index in [1.54, 1.807) is 6.07 Å². The molecule has 0 aromatic heterocycles. The molecule has 2 atom stereocenters. The second kappa shape index (κ2) is 14.0. The number of benzene rings is 2. The summed E-state index contributed by atoms with van der Waals surface area (Å²) in [5.74, 6) is -2.79. The van der Waals surface area contributed by atoms with Gasteiger partial charge in [0.25, 0.3) is 10.0 Å². The number of halogens is 5. The monoisotopic (exact) mass is 654 g/mol. The summed E-state index contributed by atoms with van der Waals surface area (Å²) in [6, 6.07) is 7.52. The third-order valence-electron chi connectivity index (χ3n) is 8.76. The van der Waals surface area contributed by atoms with Crippen molar-refractivity contribution in [2.45, 2.75) is 54.8 Å². The van der Waals surface area contributed by atoms with Crippen molar-refractivity contribution in [3.63, 3.8) is 0 Å². The van der Waals surface area contributed by atoms with Gasteiger partial charge in [-0.3, -0.25) is 14.6 Å². The van der Waals surface area contributed by atoms with Gasteiger partial charge in [-0.25, -0.2) is 22.2 Å². The summed E-state index contributed by atoms with van der Waals surface area (Å²) >= 11 is 0.